The first-order valence-electron chi connectivity index (χ1n) is 6.10. The summed E-state index contributed by atoms with van der Waals surface area (Å²) in [5, 5.41) is 0. The van der Waals surface area contributed by atoms with E-state index in [1.54, 1.807) is 7.11 Å². The van der Waals surface area contributed by atoms with Gasteiger partial charge in [0.15, 0.2) is 5.82 Å². The summed E-state index contributed by atoms with van der Waals surface area (Å²) in [4.78, 5) is 10.9. The predicted molar refractivity (Wildman–Crippen MR) is 67.8 cm³/mol. The van der Waals surface area contributed by atoms with Gasteiger partial charge in [-0.25, -0.2) is 9.97 Å². The Hall–Kier alpha value is -1.36. The fourth-order valence-corrected chi connectivity index (χ4v) is 1.86. The molecule has 17 heavy (non-hydrogen) atoms. The van der Waals surface area contributed by atoms with Gasteiger partial charge in [-0.3, -0.25) is 0 Å². The van der Waals surface area contributed by atoms with Crippen LogP contribution in [-0.2, 0) is 11.3 Å². The fraction of sp³-hybridized carbons (Fsp3) is 0.667. The molecule has 1 aromatic rings. The lowest BCUT2D eigenvalue weighted by Crippen LogP contribution is -2.26. The van der Waals surface area contributed by atoms with Gasteiger partial charge in [0.25, 0.3) is 0 Å². The van der Waals surface area contributed by atoms with Crippen molar-refractivity contribution < 1.29 is 4.74 Å². The first-order valence-corrected chi connectivity index (χ1v) is 6.10. The quantitative estimate of drug-likeness (QED) is 0.809. The van der Waals surface area contributed by atoms with Crippen molar-refractivity contribution in [2.45, 2.75) is 26.4 Å². The van der Waals surface area contributed by atoms with Crippen LogP contribution < -0.4 is 10.6 Å². The molecular weight excluding hydrogens is 216 g/mol. The lowest BCUT2D eigenvalue weighted by Gasteiger charge is -2.22. The van der Waals surface area contributed by atoms with Crippen molar-refractivity contribution in [1.29, 1.82) is 0 Å². The second-order valence-corrected chi connectivity index (χ2v) is 4.48. The largest absolute Gasteiger partial charge is 0.384 e. The lowest BCUT2D eigenvalue weighted by molar-refractivity contribution is 0.178. The number of methoxy groups -OCH3 is 1. The van der Waals surface area contributed by atoms with E-state index in [1.807, 2.05) is 6.07 Å². The van der Waals surface area contributed by atoms with Crippen molar-refractivity contribution in [1.82, 2.24) is 9.97 Å². The molecule has 1 saturated carbocycles. The summed E-state index contributed by atoms with van der Waals surface area (Å²) in [5.74, 6) is 2.91. The summed E-state index contributed by atoms with van der Waals surface area (Å²) in [7, 11) is 1.63. The average molecular weight is 236 g/mol. The molecule has 0 bridgehead atoms. The van der Waals surface area contributed by atoms with Crippen LogP contribution in [0.5, 0.6) is 0 Å². The van der Waals surface area contributed by atoms with Gasteiger partial charge in [0, 0.05) is 26.3 Å². The molecule has 1 aromatic heterocycles. The zero-order valence-corrected chi connectivity index (χ0v) is 10.5. The Morgan fingerprint density at radius 2 is 2.24 bits per heavy atom. The molecular formula is C12H20N4O. The van der Waals surface area contributed by atoms with Crippen molar-refractivity contribution in [2.75, 3.05) is 30.8 Å². The van der Waals surface area contributed by atoms with Gasteiger partial charge >= 0.3 is 0 Å². The number of hydrogen-bond donors (Lipinski definition) is 1. The third-order valence-corrected chi connectivity index (χ3v) is 2.93. The molecule has 2 N–H and O–H groups in total. The molecule has 1 heterocycles. The molecule has 1 fully saturated rings. The van der Waals surface area contributed by atoms with E-state index in [1.165, 1.54) is 12.8 Å². The summed E-state index contributed by atoms with van der Waals surface area (Å²) in [6.45, 7) is 4.55. The van der Waals surface area contributed by atoms with Crippen molar-refractivity contribution in [3.05, 3.63) is 11.9 Å². The molecule has 0 unspecified atom stereocenters. The summed E-state index contributed by atoms with van der Waals surface area (Å²) >= 11 is 0. The van der Waals surface area contributed by atoms with Crippen LogP contribution in [0.25, 0.3) is 0 Å². The van der Waals surface area contributed by atoms with Crippen LogP contribution >= 0.6 is 0 Å². The molecule has 2 rings (SSSR count). The number of anilines is 2. The highest BCUT2D eigenvalue weighted by atomic mass is 16.5. The van der Waals surface area contributed by atoms with Gasteiger partial charge in [-0.15, -0.1) is 0 Å². The fourth-order valence-electron chi connectivity index (χ4n) is 1.86. The molecule has 0 aromatic carbocycles. The number of nitrogens with zero attached hydrogens (tertiary/aromatic N) is 3. The molecule has 1 aliphatic carbocycles. The van der Waals surface area contributed by atoms with E-state index >= 15 is 0 Å². The van der Waals surface area contributed by atoms with Gasteiger partial charge < -0.3 is 15.4 Å². The predicted octanol–water partition coefficient (Wildman–Crippen LogP) is 1.44. The van der Waals surface area contributed by atoms with E-state index in [-0.39, 0.29) is 0 Å². The van der Waals surface area contributed by atoms with Crippen molar-refractivity contribution in [3.8, 4) is 0 Å². The van der Waals surface area contributed by atoms with E-state index in [4.69, 9.17) is 10.5 Å². The first-order chi connectivity index (χ1) is 8.22. The van der Waals surface area contributed by atoms with Crippen LogP contribution in [-0.4, -0.2) is 30.2 Å². The Bertz CT molecular complexity index is 379. The van der Waals surface area contributed by atoms with Gasteiger partial charge in [0.05, 0.1) is 0 Å². The molecule has 5 nitrogen and oxygen atoms in total. The molecule has 0 spiro atoms. The number of ether oxygens (including phenoxy) is 1. The van der Waals surface area contributed by atoms with Gasteiger partial charge in [-0.05, 0) is 25.7 Å². The minimum absolute atomic E-state index is 0.402. The maximum atomic E-state index is 5.80. The van der Waals surface area contributed by atoms with Gasteiger partial charge in [0.1, 0.15) is 18.2 Å². The second-order valence-electron chi connectivity index (χ2n) is 4.48. The zero-order valence-electron chi connectivity index (χ0n) is 10.5. The van der Waals surface area contributed by atoms with Gasteiger partial charge in [-0.2, -0.15) is 0 Å². The minimum Gasteiger partial charge on any atom is -0.384 e. The summed E-state index contributed by atoms with van der Waals surface area (Å²) in [6.07, 6.45) is 2.67. The number of nitrogens with two attached hydrogens (primary N) is 1. The molecule has 0 aliphatic heterocycles. The number of aromatic nitrogens is 2. The monoisotopic (exact) mass is 236 g/mol. The summed E-state index contributed by atoms with van der Waals surface area (Å²) in [6, 6.07) is 1.84. The average Bonchev–Trinajstić information content (AvgIpc) is 3.09. The van der Waals surface area contributed by atoms with Gasteiger partial charge in [0.2, 0.25) is 0 Å². The van der Waals surface area contributed by atoms with Crippen LogP contribution in [0.2, 0.25) is 0 Å². The van der Waals surface area contributed by atoms with Crippen LogP contribution in [0.15, 0.2) is 6.07 Å². The van der Waals surface area contributed by atoms with Crippen molar-refractivity contribution in [2.24, 2.45) is 5.92 Å². The standard InChI is InChI=1S/C12H20N4O/c1-3-16(7-9-4-5-9)12-6-10(13)14-11(15-12)8-17-2/h6,9H,3-5,7-8H2,1-2H3,(H2,13,14,15). The molecule has 0 saturated heterocycles. The van der Waals surface area contributed by atoms with E-state index in [0.717, 1.165) is 24.8 Å². The highest BCUT2D eigenvalue weighted by Gasteiger charge is 2.24. The number of nitrogen functional groups attached to an aromatic ring is 1. The Kier molecular flexibility index (Phi) is 3.78. The Morgan fingerprint density at radius 1 is 1.47 bits per heavy atom. The van der Waals surface area contributed by atoms with Crippen LogP contribution in [0.3, 0.4) is 0 Å². The smallest absolute Gasteiger partial charge is 0.158 e. The van der Waals surface area contributed by atoms with E-state index in [2.05, 4.69) is 21.8 Å². The van der Waals surface area contributed by atoms with Gasteiger partial charge in [-0.1, -0.05) is 0 Å². The molecule has 0 atom stereocenters. The third-order valence-electron chi connectivity index (χ3n) is 2.93. The number of hydrogen-bond acceptors (Lipinski definition) is 5. The molecule has 0 radical (unpaired) electrons. The summed E-state index contributed by atoms with van der Waals surface area (Å²) < 4.78 is 5.05. The highest BCUT2D eigenvalue weighted by Crippen LogP contribution is 2.31. The molecule has 94 valence electrons. The first kappa shape index (κ1) is 12.1. The molecule has 1 aliphatic rings. The SMILES string of the molecule is CCN(CC1CC1)c1cc(N)nc(COC)n1. The van der Waals surface area contributed by atoms with E-state index in [9.17, 15) is 0 Å². The normalized spacial score (nSPS) is 14.9. The van der Waals surface area contributed by atoms with Crippen LogP contribution in [0.1, 0.15) is 25.6 Å². The van der Waals surface area contributed by atoms with E-state index in [0.29, 0.717) is 18.2 Å². The summed E-state index contributed by atoms with van der Waals surface area (Å²) in [5.41, 5.74) is 5.80. The Morgan fingerprint density at radius 3 is 2.82 bits per heavy atom. The number of rotatable bonds is 6. The van der Waals surface area contributed by atoms with Crippen LogP contribution in [0.4, 0.5) is 11.6 Å². The highest BCUT2D eigenvalue weighted by molar-refractivity contribution is 5.47. The van der Waals surface area contributed by atoms with E-state index < -0.39 is 0 Å². The van der Waals surface area contributed by atoms with Crippen molar-refractivity contribution in [3.63, 3.8) is 0 Å². The Labute approximate surface area is 102 Å². The van der Waals surface area contributed by atoms with Crippen molar-refractivity contribution >= 4 is 11.6 Å². The maximum absolute atomic E-state index is 5.80. The minimum atomic E-state index is 0.402. The Balaban J connectivity index is 2.15. The third kappa shape index (κ3) is 3.30. The molecule has 5 heteroatoms. The zero-order chi connectivity index (χ0) is 12.3. The maximum Gasteiger partial charge on any atom is 0.158 e. The van der Waals surface area contributed by atoms with Crippen LogP contribution in [0, 0.1) is 5.92 Å². The molecule has 0 amide bonds. The lowest BCUT2D eigenvalue weighted by atomic mass is 10.3. The topological polar surface area (TPSA) is 64.3 Å². The second kappa shape index (κ2) is 5.31.